The lowest BCUT2D eigenvalue weighted by molar-refractivity contribution is -0.115. The molecule has 116 valence electrons. The third-order valence-corrected chi connectivity index (χ3v) is 4.24. The van der Waals surface area contributed by atoms with Crippen LogP contribution >= 0.6 is 11.8 Å². The maximum atomic E-state index is 13.5. The smallest absolute Gasteiger partial charge is 0.237 e. The van der Waals surface area contributed by atoms with Crippen LogP contribution in [0.4, 0.5) is 14.5 Å². The Balaban J connectivity index is 1.62. The number of carbonyl (C=O) groups is 1. The first-order chi connectivity index (χ1) is 10.5. The van der Waals surface area contributed by atoms with Gasteiger partial charge in [-0.3, -0.25) is 9.89 Å². The second kappa shape index (κ2) is 6.04. The number of hydrogen-bond donors (Lipinski definition) is 2. The van der Waals surface area contributed by atoms with E-state index in [1.165, 1.54) is 11.8 Å². The third-order valence-electron chi connectivity index (χ3n) is 3.28. The molecule has 2 aromatic rings. The van der Waals surface area contributed by atoms with E-state index in [9.17, 15) is 13.6 Å². The molecule has 1 fully saturated rings. The quantitative estimate of drug-likeness (QED) is 0.829. The highest BCUT2D eigenvalue weighted by Gasteiger charge is 2.28. The standard InChI is InChI=1S/C14H14F2N4OS/c1-7(22-14-18-12(19-20-14)8-2-3-8)13(21)17-11-6-9(15)4-5-10(11)16/h4-8H,2-3H2,1H3,(H,17,21)(H,18,19,20). The average molecular weight is 324 g/mol. The van der Waals surface area contributed by atoms with Crippen molar-refractivity contribution in [2.75, 3.05) is 5.32 Å². The van der Waals surface area contributed by atoms with Crippen LogP contribution in [0, 0.1) is 11.6 Å². The lowest BCUT2D eigenvalue weighted by atomic mass is 10.3. The van der Waals surface area contributed by atoms with Crippen molar-refractivity contribution in [1.82, 2.24) is 15.2 Å². The van der Waals surface area contributed by atoms with Crippen LogP contribution in [0.3, 0.4) is 0 Å². The highest BCUT2D eigenvalue weighted by Crippen LogP contribution is 2.38. The predicted molar refractivity (Wildman–Crippen MR) is 78.7 cm³/mol. The fraction of sp³-hybridized carbons (Fsp3) is 0.357. The van der Waals surface area contributed by atoms with Gasteiger partial charge in [-0.05, 0) is 31.9 Å². The van der Waals surface area contributed by atoms with E-state index in [0.717, 1.165) is 36.9 Å². The molecule has 0 bridgehead atoms. The van der Waals surface area contributed by atoms with Gasteiger partial charge in [0.1, 0.15) is 17.5 Å². The number of hydrogen-bond acceptors (Lipinski definition) is 4. The van der Waals surface area contributed by atoms with Gasteiger partial charge in [-0.15, -0.1) is 5.10 Å². The molecule has 5 nitrogen and oxygen atoms in total. The van der Waals surface area contributed by atoms with E-state index in [4.69, 9.17) is 0 Å². The van der Waals surface area contributed by atoms with E-state index in [2.05, 4.69) is 20.5 Å². The Kier molecular flexibility index (Phi) is 4.10. The van der Waals surface area contributed by atoms with E-state index in [-0.39, 0.29) is 5.69 Å². The van der Waals surface area contributed by atoms with Gasteiger partial charge >= 0.3 is 0 Å². The Bertz CT molecular complexity index is 702. The van der Waals surface area contributed by atoms with Gasteiger partial charge in [0.15, 0.2) is 0 Å². The zero-order valence-corrected chi connectivity index (χ0v) is 12.6. The maximum absolute atomic E-state index is 13.5. The fourth-order valence-corrected chi connectivity index (χ4v) is 2.62. The number of halogens is 2. The largest absolute Gasteiger partial charge is 0.323 e. The molecule has 8 heteroatoms. The Labute approximate surface area is 129 Å². The highest BCUT2D eigenvalue weighted by atomic mass is 32.2. The van der Waals surface area contributed by atoms with Gasteiger partial charge in [-0.25, -0.2) is 13.8 Å². The van der Waals surface area contributed by atoms with E-state index >= 15 is 0 Å². The van der Waals surface area contributed by atoms with Gasteiger partial charge in [0.25, 0.3) is 0 Å². The first-order valence-electron chi connectivity index (χ1n) is 6.88. The highest BCUT2D eigenvalue weighted by molar-refractivity contribution is 8.00. The summed E-state index contributed by atoms with van der Waals surface area (Å²) in [5.41, 5.74) is -0.175. The molecule has 1 atom stereocenters. The Morgan fingerprint density at radius 3 is 2.95 bits per heavy atom. The van der Waals surface area contributed by atoms with Gasteiger partial charge in [0.2, 0.25) is 11.1 Å². The number of amides is 1. The van der Waals surface area contributed by atoms with Crippen molar-refractivity contribution >= 4 is 23.4 Å². The molecule has 0 saturated heterocycles. The molecule has 0 radical (unpaired) electrons. The number of anilines is 1. The zero-order chi connectivity index (χ0) is 15.7. The molecule has 0 spiro atoms. The SMILES string of the molecule is CC(Sc1n[nH]c(C2CC2)n1)C(=O)Nc1cc(F)ccc1F. The molecular weight excluding hydrogens is 310 g/mol. The van der Waals surface area contributed by atoms with Crippen LogP contribution < -0.4 is 5.32 Å². The number of aromatic nitrogens is 3. The first-order valence-corrected chi connectivity index (χ1v) is 7.76. The minimum atomic E-state index is -0.680. The van der Waals surface area contributed by atoms with Gasteiger partial charge in [0, 0.05) is 12.0 Å². The summed E-state index contributed by atoms with van der Waals surface area (Å²) in [6.07, 6.45) is 2.21. The van der Waals surface area contributed by atoms with Crippen LogP contribution in [0.2, 0.25) is 0 Å². The van der Waals surface area contributed by atoms with Crippen molar-refractivity contribution in [3.8, 4) is 0 Å². The summed E-state index contributed by atoms with van der Waals surface area (Å²) in [7, 11) is 0. The van der Waals surface area contributed by atoms with Crippen molar-refractivity contribution in [2.45, 2.75) is 36.1 Å². The molecule has 2 N–H and O–H groups in total. The Morgan fingerprint density at radius 2 is 2.23 bits per heavy atom. The molecule has 22 heavy (non-hydrogen) atoms. The monoisotopic (exact) mass is 324 g/mol. The maximum Gasteiger partial charge on any atom is 0.237 e. The molecule has 1 heterocycles. The van der Waals surface area contributed by atoms with Gasteiger partial charge in [-0.2, -0.15) is 0 Å². The van der Waals surface area contributed by atoms with Crippen molar-refractivity contribution in [1.29, 1.82) is 0 Å². The van der Waals surface area contributed by atoms with Crippen molar-refractivity contribution in [3.05, 3.63) is 35.7 Å². The number of benzene rings is 1. The van der Waals surface area contributed by atoms with Gasteiger partial charge in [0.05, 0.1) is 10.9 Å². The summed E-state index contributed by atoms with van der Waals surface area (Å²) in [5, 5.41) is 9.22. The number of nitrogens with one attached hydrogen (secondary N) is 2. The van der Waals surface area contributed by atoms with E-state index in [1.807, 2.05) is 0 Å². The lowest BCUT2D eigenvalue weighted by Gasteiger charge is -2.10. The van der Waals surface area contributed by atoms with Crippen molar-refractivity contribution in [2.24, 2.45) is 0 Å². The summed E-state index contributed by atoms with van der Waals surface area (Å²) in [4.78, 5) is 16.4. The second-order valence-corrected chi connectivity index (χ2v) is 6.46. The number of H-pyrrole nitrogens is 1. The van der Waals surface area contributed by atoms with Crippen LogP contribution in [-0.2, 0) is 4.79 Å². The molecule has 1 aliphatic carbocycles. The number of nitrogens with zero attached hydrogens (tertiary/aromatic N) is 2. The van der Waals surface area contributed by atoms with E-state index in [1.54, 1.807) is 6.92 Å². The minimum Gasteiger partial charge on any atom is -0.323 e. The zero-order valence-electron chi connectivity index (χ0n) is 11.8. The van der Waals surface area contributed by atoms with Gasteiger partial charge < -0.3 is 5.32 Å². The van der Waals surface area contributed by atoms with Crippen LogP contribution in [-0.4, -0.2) is 26.3 Å². The van der Waals surface area contributed by atoms with Crippen LogP contribution in [0.1, 0.15) is 31.5 Å². The van der Waals surface area contributed by atoms with Crippen LogP contribution in [0.15, 0.2) is 23.4 Å². The molecule has 0 aliphatic heterocycles. The lowest BCUT2D eigenvalue weighted by Crippen LogP contribution is -2.23. The van der Waals surface area contributed by atoms with Crippen LogP contribution in [0.5, 0.6) is 0 Å². The number of aromatic amines is 1. The van der Waals surface area contributed by atoms with Crippen molar-refractivity contribution in [3.63, 3.8) is 0 Å². The molecule has 1 aliphatic rings. The summed E-state index contributed by atoms with van der Waals surface area (Å²) < 4.78 is 26.6. The summed E-state index contributed by atoms with van der Waals surface area (Å²) in [5.74, 6) is -0.438. The molecule has 1 aromatic carbocycles. The fourth-order valence-electron chi connectivity index (χ4n) is 1.89. The first kappa shape index (κ1) is 15.0. The summed E-state index contributed by atoms with van der Waals surface area (Å²) >= 11 is 1.17. The number of carbonyl (C=O) groups excluding carboxylic acids is 1. The summed E-state index contributed by atoms with van der Waals surface area (Å²) in [6, 6.07) is 2.92. The molecule has 1 unspecified atom stereocenters. The van der Waals surface area contributed by atoms with Crippen LogP contribution in [0.25, 0.3) is 0 Å². The average Bonchev–Trinajstić information content (AvgIpc) is 3.23. The van der Waals surface area contributed by atoms with Crippen molar-refractivity contribution < 1.29 is 13.6 Å². The molecule has 3 rings (SSSR count). The Hall–Kier alpha value is -1.96. The molecule has 1 amide bonds. The molecule has 1 saturated carbocycles. The molecular formula is C14H14F2N4OS. The van der Waals surface area contributed by atoms with Gasteiger partial charge in [-0.1, -0.05) is 11.8 Å². The normalized spacial score (nSPS) is 15.6. The minimum absolute atomic E-state index is 0.175. The van der Waals surface area contributed by atoms with E-state index in [0.29, 0.717) is 11.1 Å². The topological polar surface area (TPSA) is 70.7 Å². The third kappa shape index (κ3) is 3.44. The number of rotatable bonds is 5. The summed E-state index contributed by atoms with van der Waals surface area (Å²) in [6.45, 7) is 1.66. The Morgan fingerprint density at radius 1 is 1.45 bits per heavy atom. The molecule has 1 aromatic heterocycles. The second-order valence-electron chi connectivity index (χ2n) is 5.15. The van der Waals surface area contributed by atoms with E-state index < -0.39 is 22.8 Å². The predicted octanol–water partition coefficient (Wildman–Crippen LogP) is 3.08. The number of thioether (sulfide) groups is 1.